The molecule has 1 fully saturated rings. The van der Waals surface area contributed by atoms with Crippen LogP contribution in [-0.2, 0) is 10.0 Å². The van der Waals surface area contributed by atoms with E-state index in [1.807, 2.05) is 0 Å². The van der Waals surface area contributed by atoms with E-state index in [9.17, 15) is 12.8 Å². The summed E-state index contributed by atoms with van der Waals surface area (Å²) in [4.78, 5) is -0.0993. The van der Waals surface area contributed by atoms with Gasteiger partial charge in [0.1, 0.15) is 5.82 Å². The van der Waals surface area contributed by atoms with Gasteiger partial charge in [0, 0.05) is 19.7 Å². The highest BCUT2D eigenvalue weighted by molar-refractivity contribution is 7.89. The molecule has 1 aromatic rings. The van der Waals surface area contributed by atoms with Gasteiger partial charge in [-0.1, -0.05) is 0 Å². The van der Waals surface area contributed by atoms with E-state index in [1.54, 1.807) is 0 Å². The molecule has 0 radical (unpaired) electrons. The van der Waals surface area contributed by atoms with Crippen LogP contribution in [0.3, 0.4) is 0 Å². The predicted octanol–water partition coefficient (Wildman–Crippen LogP) is 0.801. The van der Waals surface area contributed by atoms with Crippen LogP contribution in [0.5, 0.6) is 0 Å². The fraction of sp³-hybridized carbons (Fsp3) is 0.500. The molecule has 1 saturated heterocycles. The second-order valence-corrected chi connectivity index (χ2v) is 6.68. The molecule has 0 spiro atoms. The van der Waals surface area contributed by atoms with Gasteiger partial charge in [-0.05, 0) is 37.0 Å². The van der Waals surface area contributed by atoms with Crippen molar-refractivity contribution in [1.82, 2.24) is 4.31 Å². The summed E-state index contributed by atoms with van der Waals surface area (Å²) in [6, 6.07) is 3.49. The smallest absolute Gasteiger partial charge is 0.243 e. The summed E-state index contributed by atoms with van der Waals surface area (Å²) in [5.41, 5.74) is 5.26. The minimum Gasteiger partial charge on any atom is -0.396 e. The summed E-state index contributed by atoms with van der Waals surface area (Å²) in [5.74, 6) is -0.793. The topological polar surface area (TPSA) is 83.6 Å². The lowest BCUT2D eigenvalue weighted by Crippen LogP contribution is -2.40. The lowest BCUT2D eigenvalue weighted by molar-refractivity contribution is 0.165. The summed E-state index contributed by atoms with van der Waals surface area (Å²) >= 11 is 0. The first-order chi connectivity index (χ1) is 8.95. The van der Waals surface area contributed by atoms with E-state index in [2.05, 4.69) is 0 Å². The summed E-state index contributed by atoms with van der Waals surface area (Å²) in [6.45, 7) is 0.623. The molecule has 1 heterocycles. The molecule has 0 aromatic heterocycles. The molecule has 1 unspecified atom stereocenters. The van der Waals surface area contributed by atoms with E-state index < -0.39 is 15.8 Å². The molecule has 5 nitrogen and oxygen atoms in total. The SMILES string of the molecule is Nc1ccc(S(=O)(=O)N2CCCC(CO)C2)cc1F. The van der Waals surface area contributed by atoms with Crippen molar-refractivity contribution in [2.24, 2.45) is 5.92 Å². The van der Waals surface area contributed by atoms with Gasteiger partial charge >= 0.3 is 0 Å². The van der Waals surface area contributed by atoms with E-state index in [-0.39, 0.29) is 29.7 Å². The quantitative estimate of drug-likeness (QED) is 0.806. The number of rotatable bonds is 3. The van der Waals surface area contributed by atoms with Gasteiger partial charge in [-0.15, -0.1) is 0 Å². The van der Waals surface area contributed by atoms with Gasteiger partial charge in [0.25, 0.3) is 0 Å². The molecule has 0 aliphatic carbocycles. The fourth-order valence-corrected chi connectivity index (χ4v) is 3.78. The summed E-state index contributed by atoms with van der Waals surface area (Å²) < 4.78 is 39.4. The zero-order valence-corrected chi connectivity index (χ0v) is 11.2. The number of halogens is 1. The Balaban J connectivity index is 2.28. The molecule has 2 rings (SSSR count). The largest absolute Gasteiger partial charge is 0.396 e. The Kier molecular flexibility index (Phi) is 4.07. The monoisotopic (exact) mass is 288 g/mol. The molecular weight excluding hydrogens is 271 g/mol. The van der Waals surface area contributed by atoms with E-state index in [0.717, 1.165) is 12.5 Å². The maximum absolute atomic E-state index is 13.4. The standard InChI is InChI=1S/C12H17FN2O3S/c13-11-6-10(3-4-12(11)14)19(17,18)15-5-1-2-9(7-15)8-16/h3-4,6,9,16H,1-2,5,7-8,14H2. The van der Waals surface area contributed by atoms with Crippen molar-refractivity contribution in [2.75, 3.05) is 25.4 Å². The van der Waals surface area contributed by atoms with Gasteiger partial charge in [-0.25, -0.2) is 12.8 Å². The van der Waals surface area contributed by atoms with E-state index >= 15 is 0 Å². The Hall–Kier alpha value is -1.18. The highest BCUT2D eigenvalue weighted by atomic mass is 32.2. The third-order valence-electron chi connectivity index (χ3n) is 3.35. The average molecular weight is 288 g/mol. The molecule has 106 valence electrons. The summed E-state index contributed by atoms with van der Waals surface area (Å²) in [7, 11) is -3.72. The van der Waals surface area contributed by atoms with Crippen molar-refractivity contribution in [3.8, 4) is 0 Å². The minimum atomic E-state index is -3.72. The van der Waals surface area contributed by atoms with Gasteiger partial charge in [0.05, 0.1) is 10.6 Å². The number of sulfonamides is 1. The first-order valence-corrected chi connectivity index (χ1v) is 7.55. The predicted molar refractivity (Wildman–Crippen MR) is 69.4 cm³/mol. The number of aliphatic hydroxyl groups is 1. The van der Waals surface area contributed by atoms with Crippen LogP contribution in [0.25, 0.3) is 0 Å². The molecule has 7 heteroatoms. The van der Waals surface area contributed by atoms with Crippen molar-refractivity contribution in [2.45, 2.75) is 17.7 Å². The van der Waals surface area contributed by atoms with Gasteiger partial charge in [0.2, 0.25) is 10.0 Å². The van der Waals surface area contributed by atoms with Gasteiger partial charge in [-0.3, -0.25) is 0 Å². The van der Waals surface area contributed by atoms with E-state index in [4.69, 9.17) is 10.8 Å². The van der Waals surface area contributed by atoms with Crippen molar-refractivity contribution >= 4 is 15.7 Å². The second-order valence-electron chi connectivity index (χ2n) is 4.74. The second kappa shape index (κ2) is 5.44. The molecule has 1 atom stereocenters. The van der Waals surface area contributed by atoms with Crippen LogP contribution >= 0.6 is 0 Å². The van der Waals surface area contributed by atoms with Crippen LogP contribution in [0.1, 0.15) is 12.8 Å². The molecule has 1 aliphatic rings. The molecule has 1 aromatic carbocycles. The fourth-order valence-electron chi connectivity index (χ4n) is 2.21. The lowest BCUT2D eigenvalue weighted by Gasteiger charge is -2.30. The number of hydrogen-bond acceptors (Lipinski definition) is 4. The molecule has 0 amide bonds. The third-order valence-corrected chi connectivity index (χ3v) is 5.21. The average Bonchev–Trinajstić information content (AvgIpc) is 2.41. The Morgan fingerprint density at radius 1 is 1.47 bits per heavy atom. The Labute approximate surface area is 111 Å². The number of benzene rings is 1. The zero-order chi connectivity index (χ0) is 14.0. The number of aliphatic hydroxyl groups excluding tert-OH is 1. The van der Waals surface area contributed by atoms with Gasteiger partial charge in [0.15, 0.2) is 0 Å². The summed E-state index contributed by atoms with van der Waals surface area (Å²) in [5, 5.41) is 9.13. The highest BCUT2D eigenvalue weighted by Crippen LogP contribution is 2.25. The number of anilines is 1. The maximum Gasteiger partial charge on any atom is 0.243 e. The molecule has 0 saturated carbocycles. The van der Waals surface area contributed by atoms with Crippen molar-refractivity contribution in [3.63, 3.8) is 0 Å². The van der Waals surface area contributed by atoms with Crippen LogP contribution in [0.2, 0.25) is 0 Å². The molecule has 3 N–H and O–H groups in total. The maximum atomic E-state index is 13.4. The van der Waals surface area contributed by atoms with Crippen LogP contribution < -0.4 is 5.73 Å². The van der Waals surface area contributed by atoms with Crippen LogP contribution in [0.15, 0.2) is 23.1 Å². The first-order valence-electron chi connectivity index (χ1n) is 6.11. The van der Waals surface area contributed by atoms with Crippen molar-refractivity contribution in [1.29, 1.82) is 0 Å². The molecule has 1 aliphatic heterocycles. The Morgan fingerprint density at radius 2 is 2.21 bits per heavy atom. The van der Waals surface area contributed by atoms with Crippen LogP contribution in [0.4, 0.5) is 10.1 Å². The summed E-state index contributed by atoms with van der Waals surface area (Å²) in [6.07, 6.45) is 1.50. The normalized spacial score (nSPS) is 21.5. The zero-order valence-electron chi connectivity index (χ0n) is 10.4. The Bertz CT molecular complexity index is 562. The van der Waals surface area contributed by atoms with Gasteiger partial charge < -0.3 is 10.8 Å². The molecule has 19 heavy (non-hydrogen) atoms. The minimum absolute atomic E-state index is 0.0396. The van der Waals surface area contributed by atoms with Crippen molar-refractivity contribution in [3.05, 3.63) is 24.0 Å². The van der Waals surface area contributed by atoms with Crippen LogP contribution in [0, 0.1) is 11.7 Å². The van der Waals surface area contributed by atoms with Crippen molar-refractivity contribution < 1.29 is 17.9 Å². The van der Waals surface area contributed by atoms with Gasteiger partial charge in [-0.2, -0.15) is 4.31 Å². The first kappa shape index (κ1) is 14.2. The number of nitrogens with two attached hydrogens (primary N) is 1. The third kappa shape index (κ3) is 2.88. The number of piperidine rings is 1. The lowest BCUT2D eigenvalue weighted by atomic mass is 10.0. The molecule has 0 bridgehead atoms. The number of nitrogens with zero attached hydrogens (tertiary/aromatic N) is 1. The van der Waals surface area contributed by atoms with E-state index in [0.29, 0.717) is 13.0 Å². The van der Waals surface area contributed by atoms with E-state index in [1.165, 1.54) is 16.4 Å². The Morgan fingerprint density at radius 3 is 2.84 bits per heavy atom. The van der Waals surface area contributed by atoms with Crippen LogP contribution in [-0.4, -0.2) is 37.5 Å². The number of hydrogen-bond donors (Lipinski definition) is 2. The highest BCUT2D eigenvalue weighted by Gasteiger charge is 2.30. The molecular formula is C12H17FN2O3S. The number of nitrogen functional groups attached to an aromatic ring is 1.